The molecule has 2 nitrogen and oxygen atoms in total. The molecule has 0 aromatic heterocycles. The minimum Gasteiger partial charge on any atom is -0.508 e. The van der Waals surface area contributed by atoms with Gasteiger partial charge in [-0.15, -0.1) is 0 Å². The van der Waals surface area contributed by atoms with E-state index in [4.69, 9.17) is 5.73 Å². The largest absolute Gasteiger partial charge is 0.508 e. The number of rotatable bonds is 1. The maximum absolute atomic E-state index is 9.44. The van der Waals surface area contributed by atoms with Crippen LogP contribution in [0.4, 0.5) is 0 Å². The quantitative estimate of drug-likeness (QED) is 0.811. The Balaban J connectivity index is 2.44. The summed E-state index contributed by atoms with van der Waals surface area (Å²) in [5.74, 6) is 0.292. The Morgan fingerprint density at radius 3 is 2.57 bits per heavy atom. The van der Waals surface area contributed by atoms with Gasteiger partial charge < -0.3 is 10.8 Å². The third kappa shape index (κ3) is 1.66. The summed E-state index contributed by atoms with van der Waals surface area (Å²) in [6.07, 6.45) is 4.38. The molecule has 0 unspecified atom stereocenters. The standard InChI is InChI=1S/C11H14BrNO/c12-10-4-3-8(14)7-9(10)11(13)5-1-2-6-11/h3-4,7,14H,1-2,5-6,13H2. The third-order valence-corrected chi connectivity index (χ3v) is 3.67. The molecular weight excluding hydrogens is 242 g/mol. The number of benzene rings is 1. The molecule has 1 fully saturated rings. The van der Waals surface area contributed by atoms with Gasteiger partial charge in [0.05, 0.1) is 0 Å². The van der Waals surface area contributed by atoms with Crippen molar-refractivity contribution in [2.45, 2.75) is 31.2 Å². The Labute approximate surface area is 92.3 Å². The van der Waals surface area contributed by atoms with E-state index in [1.165, 1.54) is 12.8 Å². The predicted molar refractivity (Wildman–Crippen MR) is 60.1 cm³/mol. The van der Waals surface area contributed by atoms with Crippen LogP contribution in [0.15, 0.2) is 22.7 Å². The van der Waals surface area contributed by atoms with Crippen LogP contribution in [-0.2, 0) is 5.54 Å². The summed E-state index contributed by atoms with van der Waals surface area (Å²) < 4.78 is 1.000. The second kappa shape index (κ2) is 3.55. The number of halogens is 1. The van der Waals surface area contributed by atoms with E-state index in [1.807, 2.05) is 6.07 Å². The van der Waals surface area contributed by atoms with Gasteiger partial charge in [0, 0.05) is 10.0 Å². The van der Waals surface area contributed by atoms with E-state index < -0.39 is 0 Å². The summed E-state index contributed by atoms with van der Waals surface area (Å²) in [6, 6.07) is 5.30. The van der Waals surface area contributed by atoms with Crippen LogP contribution in [-0.4, -0.2) is 5.11 Å². The van der Waals surface area contributed by atoms with Gasteiger partial charge in [0.1, 0.15) is 5.75 Å². The van der Waals surface area contributed by atoms with E-state index in [1.54, 1.807) is 12.1 Å². The molecule has 1 aromatic carbocycles. The first-order valence-corrected chi connectivity index (χ1v) is 5.69. The molecule has 0 spiro atoms. The number of phenols is 1. The van der Waals surface area contributed by atoms with E-state index in [9.17, 15) is 5.11 Å². The molecule has 1 aliphatic carbocycles. The third-order valence-electron chi connectivity index (χ3n) is 2.98. The highest BCUT2D eigenvalue weighted by atomic mass is 79.9. The van der Waals surface area contributed by atoms with Gasteiger partial charge in [-0.25, -0.2) is 0 Å². The summed E-state index contributed by atoms with van der Waals surface area (Å²) in [7, 11) is 0. The molecule has 0 bridgehead atoms. The van der Waals surface area contributed by atoms with Crippen molar-refractivity contribution in [3.8, 4) is 5.75 Å². The first-order chi connectivity index (χ1) is 6.62. The van der Waals surface area contributed by atoms with Gasteiger partial charge in [-0.2, -0.15) is 0 Å². The van der Waals surface area contributed by atoms with E-state index in [0.717, 1.165) is 22.9 Å². The molecule has 0 atom stereocenters. The smallest absolute Gasteiger partial charge is 0.116 e. The van der Waals surface area contributed by atoms with E-state index in [2.05, 4.69) is 15.9 Å². The van der Waals surface area contributed by atoms with Gasteiger partial charge >= 0.3 is 0 Å². The summed E-state index contributed by atoms with van der Waals surface area (Å²) in [6.45, 7) is 0. The highest BCUT2D eigenvalue weighted by Gasteiger charge is 2.32. The lowest BCUT2D eigenvalue weighted by Crippen LogP contribution is -2.33. The SMILES string of the molecule is NC1(c2cc(O)ccc2Br)CCCC1. The van der Waals surface area contributed by atoms with Gasteiger partial charge in [-0.1, -0.05) is 28.8 Å². The highest BCUT2D eigenvalue weighted by molar-refractivity contribution is 9.10. The van der Waals surface area contributed by atoms with Crippen molar-refractivity contribution in [3.63, 3.8) is 0 Å². The second-order valence-corrected chi connectivity index (χ2v) is 4.88. The molecular formula is C11H14BrNO. The minimum absolute atomic E-state index is 0.239. The topological polar surface area (TPSA) is 46.2 Å². The Bertz CT molecular complexity index is 345. The van der Waals surface area contributed by atoms with E-state index in [-0.39, 0.29) is 5.54 Å². The van der Waals surface area contributed by atoms with Gasteiger partial charge in [0.15, 0.2) is 0 Å². The lowest BCUT2D eigenvalue weighted by molar-refractivity contribution is 0.445. The normalized spacial score (nSPS) is 19.9. The molecule has 14 heavy (non-hydrogen) atoms. The number of phenolic OH excluding ortho intramolecular Hbond substituents is 1. The van der Waals surface area contributed by atoms with Crippen LogP contribution in [0, 0.1) is 0 Å². The first-order valence-electron chi connectivity index (χ1n) is 4.90. The molecule has 0 aliphatic heterocycles. The van der Waals surface area contributed by atoms with Gasteiger partial charge in [-0.05, 0) is 36.6 Å². The average molecular weight is 256 g/mol. The number of hydrogen-bond donors (Lipinski definition) is 2. The van der Waals surface area contributed by atoms with Crippen molar-refractivity contribution in [1.29, 1.82) is 0 Å². The zero-order valence-corrected chi connectivity index (χ0v) is 9.55. The monoisotopic (exact) mass is 255 g/mol. The van der Waals surface area contributed by atoms with Crippen LogP contribution in [0.2, 0.25) is 0 Å². The average Bonchev–Trinajstić information content (AvgIpc) is 2.58. The fourth-order valence-corrected chi connectivity index (χ4v) is 2.81. The maximum atomic E-state index is 9.44. The Hall–Kier alpha value is -0.540. The molecule has 1 aromatic rings. The van der Waals surface area contributed by atoms with Crippen LogP contribution in [0.1, 0.15) is 31.2 Å². The summed E-state index contributed by atoms with van der Waals surface area (Å²) in [5.41, 5.74) is 7.11. The fraction of sp³-hybridized carbons (Fsp3) is 0.455. The molecule has 0 saturated heterocycles. The molecule has 76 valence electrons. The predicted octanol–water partition coefficient (Wildman–Crippen LogP) is 2.88. The van der Waals surface area contributed by atoms with Crippen molar-refractivity contribution in [2.75, 3.05) is 0 Å². The lowest BCUT2D eigenvalue weighted by Gasteiger charge is -2.25. The van der Waals surface area contributed by atoms with Crippen LogP contribution in [0.5, 0.6) is 5.75 Å². The van der Waals surface area contributed by atoms with Gasteiger partial charge in [-0.3, -0.25) is 0 Å². The van der Waals surface area contributed by atoms with Crippen LogP contribution >= 0.6 is 15.9 Å². The lowest BCUT2D eigenvalue weighted by atomic mass is 9.89. The number of hydrogen-bond acceptors (Lipinski definition) is 2. The second-order valence-electron chi connectivity index (χ2n) is 4.03. The van der Waals surface area contributed by atoms with Gasteiger partial charge in [0.25, 0.3) is 0 Å². The summed E-state index contributed by atoms with van der Waals surface area (Å²) in [4.78, 5) is 0. The highest BCUT2D eigenvalue weighted by Crippen LogP contribution is 2.40. The molecule has 1 saturated carbocycles. The van der Waals surface area contributed by atoms with Crippen molar-refractivity contribution in [1.82, 2.24) is 0 Å². The molecule has 0 heterocycles. The van der Waals surface area contributed by atoms with Crippen molar-refractivity contribution in [2.24, 2.45) is 5.73 Å². The zero-order valence-electron chi connectivity index (χ0n) is 7.96. The summed E-state index contributed by atoms with van der Waals surface area (Å²) in [5, 5.41) is 9.44. The number of nitrogens with two attached hydrogens (primary N) is 1. The van der Waals surface area contributed by atoms with Crippen LogP contribution in [0.25, 0.3) is 0 Å². The van der Waals surface area contributed by atoms with E-state index in [0.29, 0.717) is 5.75 Å². The number of aromatic hydroxyl groups is 1. The van der Waals surface area contributed by atoms with Gasteiger partial charge in [0.2, 0.25) is 0 Å². The molecule has 0 radical (unpaired) electrons. The molecule has 0 amide bonds. The molecule has 3 heteroatoms. The minimum atomic E-state index is -0.239. The first kappa shape index (κ1) is 9.99. The van der Waals surface area contributed by atoms with Crippen molar-refractivity contribution >= 4 is 15.9 Å². The Kier molecular flexibility index (Phi) is 2.54. The maximum Gasteiger partial charge on any atom is 0.116 e. The van der Waals surface area contributed by atoms with Crippen molar-refractivity contribution in [3.05, 3.63) is 28.2 Å². The van der Waals surface area contributed by atoms with Crippen LogP contribution < -0.4 is 5.73 Å². The molecule has 1 aliphatic rings. The van der Waals surface area contributed by atoms with Crippen molar-refractivity contribution < 1.29 is 5.11 Å². The molecule has 2 rings (SSSR count). The molecule has 3 N–H and O–H groups in total. The van der Waals surface area contributed by atoms with Crippen LogP contribution in [0.3, 0.4) is 0 Å². The van der Waals surface area contributed by atoms with E-state index >= 15 is 0 Å². The fourth-order valence-electron chi connectivity index (χ4n) is 2.17. The Morgan fingerprint density at radius 1 is 1.29 bits per heavy atom. The summed E-state index contributed by atoms with van der Waals surface area (Å²) >= 11 is 3.48. The zero-order chi connectivity index (χ0) is 10.2. The Morgan fingerprint density at radius 2 is 1.93 bits per heavy atom.